The zero-order chi connectivity index (χ0) is 17.2. The molecule has 1 aliphatic carbocycles. The van der Waals surface area contributed by atoms with Gasteiger partial charge in [0, 0.05) is 25.0 Å². The second kappa shape index (κ2) is 7.01. The van der Waals surface area contributed by atoms with E-state index in [1.54, 1.807) is 14.2 Å². The van der Waals surface area contributed by atoms with Crippen LogP contribution < -0.4 is 9.47 Å². The quantitative estimate of drug-likeness (QED) is 0.776. The van der Waals surface area contributed by atoms with Crippen LogP contribution in [0, 0.1) is 0 Å². The lowest BCUT2D eigenvalue weighted by Crippen LogP contribution is -2.44. The van der Waals surface area contributed by atoms with E-state index in [9.17, 15) is 4.79 Å². The zero-order valence-corrected chi connectivity index (χ0v) is 14.9. The standard InChI is InChI=1S/C19H27NO4/c1-22-16-10-14-12-20(9-6-18(21)24-3)13-19(7-4-5-8-19)15(14)11-17(16)23-2/h10-11H,4-9,12-13H2,1-3H3. The number of carbonyl (C=O) groups is 1. The molecule has 0 amide bonds. The van der Waals surface area contributed by atoms with Crippen LogP contribution >= 0.6 is 0 Å². The summed E-state index contributed by atoms with van der Waals surface area (Å²) in [5, 5.41) is 0. The van der Waals surface area contributed by atoms with E-state index in [0.29, 0.717) is 6.42 Å². The number of hydrogen-bond donors (Lipinski definition) is 0. The summed E-state index contributed by atoms with van der Waals surface area (Å²) < 4.78 is 15.8. The van der Waals surface area contributed by atoms with Crippen molar-refractivity contribution in [3.8, 4) is 11.5 Å². The highest BCUT2D eigenvalue weighted by Crippen LogP contribution is 2.48. The van der Waals surface area contributed by atoms with Crippen LogP contribution in [-0.4, -0.2) is 45.3 Å². The van der Waals surface area contributed by atoms with E-state index in [0.717, 1.165) is 31.1 Å². The van der Waals surface area contributed by atoms with Crippen LogP contribution in [0.4, 0.5) is 0 Å². The molecule has 1 aromatic carbocycles. The monoisotopic (exact) mass is 333 g/mol. The number of hydrogen-bond acceptors (Lipinski definition) is 5. The zero-order valence-electron chi connectivity index (χ0n) is 14.9. The van der Waals surface area contributed by atoms with Crippen LogP contribution in [0.25, 0.3) is 0 Å². The average molecular weight is 333 g/mol. The Hall–Kier alpha value is -1.75. The number of esters is 1. The maximum Gasteiger partial charge on any atom is 0.306 e. The third kappa shape index (κ3) is 3.09. The van der Waals surface area contributed by atoms with Crippen molar-refractivity contribution >= 4 is 5.97 Å². The summed E-state index contributed by atoms with van der Waals surface area (Å²) in [4.78, 5) is 13.9. The topological polar surface area (TPSA) is 48.0 Å². The molecule has 5 nitrogen and oxygen atoms in total. The molecule has 0 bridgehead atoms. The first-order valence-corrected chi connectivity index (χ1v) is 8.66. The minimum absolute atomic E-state index is 0.145. The number of carbonyl (C=O) groups excluding carboxylic acids is 1. The number of nitrogens with zero attached hydrogens (tertiary/aromatic N) is 1. The van der Waals surface area contributed by atoms with Crippen molar-refractivity contribution in [3.63, 3.8) is 0 Å². The van der Waals surface area contributed by atoms with Gasteiger partial charge in [-0.3, -0.25) is 9.69 Å². The summed E-state index contributed by atoms with van der Waals surface area (Å²) in [6.45, 7) is 2.59. The second-order valence-electron chi connectivity index (χ2n) is 6.89. The maximum atomic E-state index is 11.5. The molecule has 1 heterocycles. The molecule has 1 aliphatic heterocycles. The molecular weight excluding hydrogens is 306 g/mol. The SMILES string of the molecule is COC(=O)CCN1Cc2cc(OC)c(OC)cc2C2(CCCC2)C1. The normalized spacial score (nSPS) is 19.1. The van der Waals surface area contributed by atoms with Crippen LogP contribution in [0.2, 0.25) is 0 Å². The van der Waals surface area contributed by atoms with E-state index in [1.165, 1.54) is 43.9 Å². The van der Waals surface area contributed by atoms with Gasteiger partial charge in [-0.15, -0.1) is 0 Å². The van der Waals surface area contributed by atoms with E-state index in [2.05, 4.69) is 17.0 Å². The van der Waals surface area contributed by atoms with Gasteiger partial charge in [-0.05, 0) is 36.1 Å². The van der Waals surface area contributed by atoms with Crippen molar-refractivity contribution in [3.05, 3.63) is 23.3 Å². The highest BCUT2D eigenvalue weighted by Gasteiger charge is 2.42. The number of methoxy groups -OCH3 is 3. The molecule has 0 unspecified atom stereocenters. The third-order valence-corrected chi connectivity index (χ3v) is 5.52. The Morgan fingerprint density at radius 2 is 1.79 bits per heavy atom. The van der Waals surface area contributed by atoms with Gasteiger partial charge in [0.25, 0.3) is 0 Å². The predicted octanol–water partition coefficient (Wildman–Crippen LogP) is 2.89. The highest BCUT2D eigenvalue weighted by atomic mass is 16.5. The number of benzene rings is 1. The number of fused-ring (bicyclic) bond motifs is 2. The van der Waals surface area contributed by atoms with Gasteiger partial charge in [-0.2, -0.15) is 0 Å². The molecule has 5 heteroatoms. The molecule has 1 fully saturated rings. The van der Waals surface area contributed by atoms with Crippen LogP contribution in [0.3, 0.4) is 0 Å². The van der Waals surface area contributed by atoms with Gasteiger partial charge in [-0.1, -0.05) is 12.8 Å². The Labute approximate surface area is 143 Å². The smallest absolute Gasteiger partial charge is 0.306 e. The van der Waals surface area contributed by atoms with Crippen molar-refractivity contribution < 1.29 is 19.0 Å². The van der Waals surface area contributed by atoms with Crippen molar-refractivity contribution in [1.82, 2.24) is 4.90 Å². The fourth-order valence-electron chi connectivity index (χ4n) is 4.34. The minimum Gasteiger partial charge on any atom is -0.493 e. The van der Waals surface area contributed by atoms with E-state index >= 15 is 0 Å². The molecule has 1 aromatic rings. The molecule has 132 valence electrons. The molecular formula is C19H27NO4. The molecule has 24 heavy (non-hydrogen) atoms. The van der Waals surface area contributed by atoms with E-state index in [-0.39, 0.29) is 11.4 Å². The summed E-state index contributed by atoms with van der Waals surface area (Å²) >= 11 is 0. The van der Waals surface area contributed by atoms with E-state index < -0.39 is 0 Å². The second-order valence-corrected chi connectivity index (χ2v) is 6.89. The summed E-state index contributed by atoms with van der Waals surface area (Å²) in [6.07, 6.45) is 5.36. The van der Waals surface area contributed by atoms with E-state index in [1.807, 2.05) is 0 Å². The Morgan fingerprint density at radius 1 is 1.12 bits per heavy atom. The summed E-state index contributed by atoms with van der Waals surface area (Å²) in [6, 6.07) is 4.29. The number of ether oxygens (including phenoxy) is 3. The fourth-order valence-corrected chi connectivity index (χ4v) is 4.34. The first-order valence-electron chi connectivity index (χ1n) is 8.66. The first-order chi connectivity index (χ1) is 11.6. The van der Waals surface area contributed by atoms with Gasteiger partial charge in [-0.25, -0.2) is 0 Å². The Morgan fingerprint density at radius 3 is 2.42 bits per heavy atom. The van der Waals surface area contributed by atoms with Gasteiger partial charge in [0.2, 0.25) is 0 Å². The lowest BCUT2D eigenvalue weighted by atomic mass is 9.73. The van der Waals surface area contributed by atoms with Gasteiger partial charge in [0.15, 0.2) is 11.5 Å². The third-order valence-electron chi connectivity index (χ3n) is 5.52. The van der Waals surface area contributed by atoms with Crippen LogP contribution in [0.1, 0.15) is 43.2 Å². The summed E-state index contributed by atoms with van der Waals surface area (Å²) in [7, 11) is 4.81. The van der Waals surface area contributed by atoms with Crippen LogP contribution in [0.5, 0.6) is 11.5 Å². The molecule has 0 aromatic heterocycles. The maximum absolute atomic E-state index is 11.5. The Balaban J connectivity index is 1.92. The molecule has 0 N–H and O–H groups in total. The van der Waals surface area contributed by atoms with Gasteiger partial charge < -0.3 is 14.2 Å². The van der Waals surface area contributed by atoms with Gasteiger partial charge in [0.05, 0.1) is 27.8 Å². The van der Waals surface area contributed by atoms with Crippen LogP contribution in [-0.2, 0) is 21.5 Å². The lowest BCUT2D eigenvalue weighted by Gasteiger charge is -2.42. The van der Waals surface area contributed by atoms with E-state index in [4.69, 9.17) is 14.2 Å². The van der Waals surface area contributed by atoms with Crippen molar-refractivity contribution in [1.29, 1.82) is 0 Å². The first kappa shape index (κ1) is 17.1. The molecule has 1 spiro atoms. The summed E-state index contributed by atoms with van der Waals surface area (Å²) in [5.74, 6) is 1.44. The molecule has 3 rings (SSSR count). The minimum atomic E-state index is -0.145. The molecule has 0 radical (unpaired) electrons. The summed E-state index contributed by atoms with van der Waals surface area (Å²) in [5.41, 5.74) is 2.89. The molecule has 0 atom stereocenters. The predicted molar refractivity (Wildman–Crippen MR) is 91.6 cm³/mol. The fraction of sp³-hybridized carbons (Fsp3) is 0.632. The largest absolute Gasteiger partial charge is 0.493 e. The van der Waals surface area contributed by atoms with Crippen molar-refractivity contribution in [2.75, 3.05) is 34.4 Å². The molecule has 0 saturated heterocycles. The van der Waals surface area contributed by atoms with Gasteiger partial charge in [0.1, 0.15) is 0 Å². The number of rotatable bonds is 5. The highest BCUT2D eigenvalue weighted by molar-refractivity contribution is 5.69. The van der Waals surface area contributed by atoms with Crippen molar-refractivity contribution in [2.24, 2.45) is 0 Å². The molecule has 1 saturated carbocycles. The lowest BCUT2D eigenvalue weighted by molar-refractivity contribution is -0.141. The Bertz CT molecular complexity index is 608. The molecule has 2 aliphatic rings. The van der Waals surface area contributed by atoms with Crippen molar-refractivity contribution in [2.45, 2.75) is 44.1 Å². The Kier molecular flexibility index (Phi) is 4.99. The van der Waals surface area contributed by atoms with Gasteiger partial charge >= 0.3 is 5.97 Å². The van der Waals surface area contributed by atoms with Crippen LogP contribution in [0.15, 0.2) is 12.1 Å². The average Bonchev–Trinajstić information content (AvgIpc) is 3.07.